The van der Waals surface area contributed by atoms with Crippen LogP contribution in [-0.2, 0) is 19.1 Å². The SMILES string of the molecule is O=C(O)C(F)(F)C(F)(F)OCC1CCC(COC(F)(F)C(F)(F)C(=O)O)CC1. The fourth-order valence-electron chi connectivity index (χ4n) is 2.44. The predicted octanol–water partition coefficient (Wildman–Crippen LogP) is 3.45. The van der Waals surface area contributed by atoms with E-state index in [9.17, 15) is 44.7 Å². The topological polar surface area (TPSA) is 93.1 Å². The van der Waals surface area contributed by atoms with Gasteiger partial charge in [0.05, 0.1) is 13.2 Å². The minimum Gasteiger partial charge on any atom is -0.477 e. The Morgan fingerprint density at radius 1 is 0.679 bits per heavy atom. The molecule has 0 aromatic carbocycles. The molecule has 0 aliphatic heterocycles. The second-order valence-electron chi connectivity index (χ2n) is 6.30. The first-order valence-electron chi connectivity index (χ1n) is 7.80. The summed E-state index contributed by atoms with van der Waals surface area (Å²) in [5.41, 5.74) is 0. The second-order valence-corrected chi connectivity index (χ2v) is 6.30. The van der Waals surface area contributed by atoms with Gasteiger partial charge in [-0.2, -0.15) is 35.1 Å². The van der Waals surface area contributed by atoms with Gasteiger partial charge in [-0.05, 0) is 37.5 Å². The van der Waals surface area contributed by atoms with Crippen molar-refractivity contribution in [2.45, 2.75) is 49.7 Å². The third kappa shape index (κ3) is 5.21. The maximum atomic E-state index is 13.1. The number of hydrogen-bond donors (Lipinski definition) is 2. The summed E-state index contributed by atoms with van der Waals surface area (Å²) in [7, 11) is 0. The Kier molecular flexibility index (Phi) is 7.26. The summed E-state index contributed by atoms with van der Waals surface area (Å²) in [6.45, 7) is -1.87. The number of aliphatic carboxylic acids is 2. The molecule has 0 saturated heterocycles. The minimum absolute atomic E-state index is 0.00362. The molecule has 0 bridgehead atoms. The van der Waals surface area contributed by atoms with Crippen LogP contribution >= 0.6 is 0 Å². The normalized spacial score (nSPS) is 22.1. The molecule has 0 unspecified atom stereocenters. The number of ether oxygens (including phenoxy) is 2. The third-order valence-electron chi connectivity index (χ3n) is 4.24. The third-order valence-corrected chi connectivity index (χ3v) is 4.24. The molecule has 2 N–H and O–H groups in total. The zero-order valence-corrected chi connectivity index (χ0v) is 13.9. The van der Waals surface area contributed by atoms with E-state index < -0.39 is 61.1 Å². The molecule has 0 aromatic rings. The Morgan fingerprint density at radius 3 is 1.14 bits per heavy atom. The molecule has 0 atom stereocenters. The lowest BCUT2D eigenvalue weighted by Gasteiger charge is -2.31. The molecule has 1 fully saturated rings. The fourth-order valence-corrected chi connectivity index (χ4v) is 2.44. The van der Waals surface area contributed by atoms with Gasteiger partial charge in [0.1, 0.15) is 0 Å². The molecule has 1 rings (SSSR count). The smallest absolute Gasteiger partial charge is 0.431 e. The molecular weight excluding hydrogens is 416 g/mol. The van der Waals surface area contributed by atoms with Crippen molar-refractivity contribution in [1.29, 1.82) is 0 Å². The van der Waals surface area contributed by atoms with Crippen LogP contribution in [0.5, 0.6) is 0 Å². The van der Waals surface area contributed by atoms with Gasteiger partial charge in [-0.1, -0.05) is 0 Å². The van der Waals surface area contributed by atoms with Crippen LogP contribution in [-0.4, -0.2) is 59.4 Å². The highest BCUT2D eigenvalue weighted by molar-refractivity contribution is 5.76. The summed E-state index contributed by atoms with van der Waals surface area (Å²) in [4.78, 5) is 20.3. The predicted molar refractivity (Wildman–Crippen MR) is 72.4 cm³/mol. The number of carboxylic acids is 2. The Balaban J connectivity index is 2.48. The average molecular weight is 432 g/mol. The van der Waals surface area contributed by atoms with Gasteiger partial charge in [0.2, 0.25) is 0 Å². The molecule has 0 aromatic heterocycles. The quantitative estimate of drug-likeness (QED) is 0.514. The second kappa shape index (κ2) is 8.35. The zero-order valence-electron chi connectivity index (χ0n) is 13.9. The average Bonchev–Trinajstić information content (AvgIpc) is 2.58. The molecule has 0 radical (unpaired) electrons. The molecule has 0 heterocycles. The lowest BCUT2D eigenvalue weighted by Crippen LogP contribution is -2.50. The van der Waals surface area contributed by atoms with Crippen molar-refractivity contribution in [3.05, 3.63) is 0 Å². The molecule has 0 spiro atoms. The van der Waals surface area contributed by atoms with Crippen molar-refractivity contribution < 1.29 is 64.4 Å². The highest BCUT2D eigenvalue weighted by atomic mass is 19.3. The van der Waals surface area contributed by atoms with Gasteiger partial charge in [0, 0.05) is 0 Å². The van der Waals surface area contributed by atoms with Crippen molar-refractivity contribution in [2.24, 2.45) is 11.8 Å². The first-order chi connectivity index (χ1) is 12.5. The monoisotopic (exact) mass is 432 g/mol. The minimum atomic E-state index is -5.45. The Bertz CT molecular complexity index is 524. The summed E-state index contributed by atoms with van der Waals surface area (Å²) < 4.78 is 111. The number of hydrogen-bond acceptors (Lipinski definition) is 4. The highest BCUT2D eigenvalue weighted by Gasteiger charge is 2.65. The summed E-state index contributed by atoms with van der Waals surface area (Å²) in [6.07, 6.45) is -10.5. The number of rotatable bonds is 10. The molecule has 164 valence electrons. The van der Waals surface area contributed by atoms with Crippen molar-refractivity contribution in [2.75, 3.05) is 13.2 Å². The number of carboxylic acid groups (broad SMARTS) is 2. The summed E-state index contributed by atoms with van der Waals surface area (Å²) in [6, 6.07) is 0. The Hall–Kier alpha value is -1.70. The van der Waals surface area contributed by atoms with E-state index in [-0.39, 0.29) is 25.7 Å². The lowest BCUT2D eigenvalue weighted by atomic mass is 9.83. The van der Waals surface area contributed by atoms with Crippen LogP contribution in [0.15, 0.2) is 0 Å². The number of halogens is 8. The maximum absolute atomic E-state index is 13.1. The molecular formula is C14H16F8O6. The molecule has 1 aliphatic rings. The van der Waals surface area contributed by atoms with E-state index in [0.29, 0.717) is 0 Å². The standard InChI is InChI=1S/C14H16F8O6/c15-11(16,9(23)24)13(19,20)27-5-7-1-2-8(4-3-7)6-28-14(21,22)12(17,18)10(25)26/h7-8H,1-6H2,(H,23,24)(H,25,26). The van der Waals surface area contributed by atoms with E-state index in [1.807, 2.05) is 0 Å². The maximum Gasteiger partial charge on any atom is 0.431 e. The van der Waals surface area contributed by atoms with Crippen LogP contribution in [0.2, 0.25) is 0 Å². The van der Waals surface area contributed by atoms with E-state index >= 15 is 0 Å². The van der Waals surface area contributed by atoms with Gasteiger partial charge in [-0.25, -0.2) is 9.59 Å². The fraction of sp³-hybridized carbons (Fsp3) is 0.857. The summed E-state index contributed by atoms with van der Waals surface area (Å²) >= 11 is 0. The summed E-state index contributed by atoms with van der Waals surface area (Å²) in [5.74, 6) is -18.5. The van der Waals surface area contributed by atoms with Crippen molar-refractivity contribution in [3.8, 4) is 0 Å². The van der Waals surface area contributed by atoms with Crippen molar-refractivity contribution in [1.82, 2.24) is 0 Å². The molecule has 1 saturated carbocycles. The van der Waals surface area contributed by atoms with Crippen LogP contribution in [0.4, 0.5) is 35.1 Å². The van der Waals surface area contributed by atoms with E-state index in [0.717, 1.165) is 0 Å². The highest BCUT2D eigenvalue weighted by Crippen LogP contribution is 2.39. The first-order valence-corrected chi connectivity index (χ1v) is 7.80. The number of alkyl halides is 8. The zero-order chi connectivity index (χ0) is 22.0. The van der Waals surface area contributed by atoms with Gasteiger partial charge in [0.15, 0.2) is 0 Å². The van der Waals surface area contributed by atoms with Gasteiger partial charge in [-0.3, -0.25) is 0 Å². The van der Waals surface area contributed by atoms with Crippen LogP contribution in [0.1, 0.15) is 25.7 Å². The van der Waals surface area contributed by atoms with Crippen LogP contribution in [0.3, 0.4) is 0 Å². The van der Waals surface area contributed by atoms with E-state index in [1.54, 1.807) is 0 Å². The first kappa shape index (κ1) is 24.3. The van der Waals surface area contributed by atoms with Crippen LogP contribution < -0.4 is 0 Å². The van der Waals surface area contributed by atoms with E-state index in [4.69, 9.17) is 10.2 Å². The Morgan fingerprint density at radius 2 is 0.929 bits per heavy atom. The molecule has 28 heavy (non-hydrogen) atoms. The van der Waals surface area contributed by atoms with Gasteiger partial charge in [0.25, 0.3) is 0 Å². The van der Waals surface area contributed by atoms with Crippen LogP contribution in [0.25, 0.3) is 0 Å². The van der Waals surface area contributed by atoms with Gasteiger partial charge >= 0.3 is 36.0 Å². The van der Waals surface area contributed by atoms with Crippen molar-refractivity contribution in [3.63, 3.8) is 0 Å². The van der Waals surface area contributed by atoms with E-state index in [2.05, 4.69) is 9.47 Å². The molecule has 0 amide bonds. The Labute approximate surface area is 152 Å². The molecule has 1 aliphatic carbocycles. The number of carbonyl (C=O) groups is 2. The molecule has 6 nitrogen and oxygen atoms in total. The lowest BCUT2D eigenvalue weighted by molar-refractivity contribution is -0.344. The summed E-state index contributed by atoms with van der Waals surface area (Å²) in [5, 5.41) is 16.2. The van der Waals surface area contributed by atoms with Gasteiger partial charge < -0.3 is 19.7 Å². The molecule has 14 heteroatoms. The largest absolute Gasteiger partial charge is 0.477 e. The van der Waals surface area contributed by atoms with Gasteiger partial charge in [-0.15, -0.1) is 0 Å². The van der Waals surface area contributed by atoms with Crippen molar-refractivity contribution >= 4 is 11.9 Å². The van der Waals surface area contributed by atoms with E-state index in [1.165, 1.54) is 0 Å². The van der Waals surface area contributed by atoms with Crippen LogP contribution in [0, 0.1) is 11.8 Å².